The molecule has 0 aliphatic carbocycles. The van der Waals surface area contributed by atoms with E-state index >= 15 is 0 Å². The van der Waals surface area contributed by atoms with E-state index in [9.17, 15) is 19.5 Å². The van der Waals surface area contributed by atoms with E-state index in [1.165, 1.54) is 0 Å². The molecule has 2 amide bonds. The maximum Gasteiger partial charge on any atom is 0.326 e. The van der Waals surface area contributed by atoms with Crippen molar-refractivity contribution in [3.63, 3.8) is 0 Å². The zero-order valence-electron chi connectivity index (χ0n) is 11.3. The standard InChI is InChI=1S/C14H15NO4.H2S/c1-8(2)7-11(14(18)19)15-12(16)9-5-3-4-6-10(9)13(15)17;/h3-6,8,11H,7H2,1-2H3,(H,18,19);1H2/t11-;/m0./s1. The Hall–Kier alpha value is -1.82. The number of imide groups is 1. The molecule has 0 radical (unpaired) electrons. The third kappa shape index (κ3) is 2.70. The maximum atomic E-state index is 12.2. The number of aliphatic carboxylic acids is 1. The number of benzene rings is 1. The SMILES string of the molecule is CC(C)C[C@@H](C(=O)O)N1C(=O)c2ccccc2C1=O.S. The molecule has 1 aromatic carbocycles. The van der Waals surface area contributed by atoms with Crippen molar-refractivity contribution in [2.45, 2.75) is 26.3 Å². The Morgan fingerprint density at radius 2 is 1.60 bits per heavy atom. The minimum atomic E-state index is -1.15. The van der Waals surface area contributed by atoms with Gasteiger partial charge in [0, 0.05) is 0 Å². The van der Waals surface area contributed by atoms with Crippen LogP contribution in [0.2, 0.25) is 0 Å². The van der Waals surface area contributed by atoms with Crippen LogP contribution in [0.5, 0.6) is 0 Å². The number of carboxylic acid groups (broad SMARTS) is 1. The second kappa shape index (κ2) is 6.09. The lowest BCUT2D eigenvalue weighted by atomic mass is 10.0. The molecule has 1 atom stereocenters. The number of rotatable bonds is 4. The van der Waals surface area contributed by atoms with Gasteiger partial charge in [-0.15, -0.1) is 0 Å². The van der Waals surface area contributed by atoms with Crippen LogP contribution in [0.15, 0.2) is 24.3 Å². The number of carbonyl (C=O) groups excluding carboxylic acids is 2. The summed E-state index contributed by atoms with van der Waals surface area (Å²) in [5, 5.41) is 9.25. The van der Waals surface area contributed by atoms with E-state index in [-0.39, 0.29) is 37.0 Å². The smallest absolute Gasteiger partial charge is 0.326 e. The van der Waals surface area contributed by atoms with Gasteiger partial charge in [-0.05, 0) is 24.5 Å². The van der Waals surface area contributed by atoms with Gasteiger partial charge in [-0.1, -0.05) is 26.0 Å². The highest BCUT2D eigenvalue weighted by Crippen LogP contribution is 2.26. The van der Waals surface area contributed by atoms with Gasteiger partial charge in [-0.25, -0.2) is 4.79 Å². The molecule has 6 heteroatoms. The lowest BCUT2D eigenvalue weighted by Gasteiger charge is -2.23. The fraction of sp³-hybridized carbons (Fsp3) is 0.357. The zero-order chi connectivity index (χ0) is 14.2. The van der Waals surface area contributed by atoms with E-state index in [0.717, 1.165) is 4.90 Å². The first kappa shape index (κ1) is 16.2. The van der Waals surface area contributed by atoms with Crippen molar-refractivity contribution in [1.82, 2.24) is 4.90 Å². The van der Waals surface area contributed by atoms with E-state index in [1.54, 1.807) is 24.3 Å². The zero-order valence-corrected chi connectivity index (χ0v) is 12.3. The summed E-state index contributed by atoms with van der Waals surface area (Å²) in [6.07, 6.45) is 0.251. The molecule has 20 heavy (non-hydrogen) atoms. The molecule has 0 saturated heterocycles. The summed E-state index contributed by atoms with van der Waals surface area (Å²) in [6.45, 7) is 3.71. The summed E-state index contributed by atoms with van der Waals surface area (Å²) in [5.74, 6) is -2.11. The molecule has 0 bridgehead atoms. The molecule has 108 valence electrons. The highest BCUT2D eigenvalue weighted by molar-refractivity contribution is 7.59. The summed E-state index contributed by atoms with van der Waals surface area (Å²) < 4.78 is 0. The number of hydrogen-bond donors (Lipinski definition) is 1. The summed E-state index contributed by atoms with van der Waals surface area (Å²) in [7, 11) is 0. The minimum absolute atomic E-state index is 0. The van der Waals surface area contributed by atoms with Gasteiger partial charge in [0.1, 0.15) is 6.04 Å². The average molecular weight is 295 g/mol. The van der Waals surface area contributed by atoms with Crippen LogP contribution < -0.4 is 0 Å². The summed E-state index contributed by atoms with van der Waals surface area (Å²) >= 11 is 0. The second-order valence-corrected chi connectivity index (χ2v) is 5.01. The Morgan fingerprint density at radius 1 is 1.15 bits per heavy atom. The van der Waals surface area contributed by atoms with Crippen LogP contribution >= 0.6 is 13.5 Å². The molecular formula is C14H17NO4S. The molecule has 1 aliphatic rings. The fourth-order valence-electron chi connectivity index (χ4n) is 2.25. The van der Waals surface area contributed by atoms with Crippen LogP contribution in [0.3, 0.4) is 0 Å². The lowest BCUT2D eigenvalue weighted by molar-refractivity contribution is -0.142. The molecule has 0 unspecified atom stereocenters. The second-order valence-electron chi connectivity index (χ2n) is 5.01. The Bertz CT molecular complexity index is 521. The average Bonchev–Trinajstić information content (AvgIpc) is 2.60. The van der Waals surface area contributed by atoms with Crippen LogP contribution in [0.4, 0.5) is 0 Å². The van der Waals surface area contributed by atoms with Crippen LogP contribution in [0.25, 0.3) is 0 Å². The van der Waals surface area contributed by atoms with Gasteiger partial charge >= 0.3 is 5.97 Å². The number of nitrogens with zero attached hydrogens (tertiary/aromatic N) is 1. The van der Waals surface area contributed by atoms with Crippen molar-refractivity contribution in [2.24, 2.45) is 5.92 Å². The first-order valence-electron chi connectivity index (χ1n) is 6.13. The van der Waals surface area contributed by atoms with Crippen LogP contribution in [0.1, 0.15) is 41.0 Å². The highest BCUT2D eigenvalue weighted by atomic mass is 32.1. The minimum Gasteiger partial charge on any atom is -0.480 e. The quantitative estimate of drug-likeness (QED) is 0.861. The van der Waals surface area contributed by atoms with Crippen LogP contribution in [-0.4, -0.2) is 33.8 Å². The third-order valence-corrected chi connectivity index (χ3v) is 3.12. The number of amides is 2. The van der Waals surface area contributed by atoms with Crippen molar-refractivity contribution < 1.29 is 19.5 Å². The van der Waals surface area contributed by atoms with Crippen molar-refractivity contribution in [3.8, 4) is 0 Å². The molecule has 0 aromatic heterocycles. The number of carboxylic acids is 1. The fourth-order valence-corrected chi connectivity index (χ4v) is 2.25. The molecule has 2 rings (SSSR count). The summed E-state index contributed by atoms with van der Waals surface area (Å²) in [6, 6.07) is 5.30. The van der Waals surface area contributed by atoms with E-state index in [2.05, 4.69) is 0 Å². The lowest BCUT2D eigenvalue weighted by Crippen LogP contribution is -2.45. The van der Waals surface area contributed by atoms with Gasteiger partial charge < -0.3 is 5.11 Å². The van der Waals surface area contributed by atoms with Crippen LogP contribution in [0, 0.1) is 5.92 Å². The molecule has 1 aromatic rings. The first-order chi connectivity index (χ1) is 8.93. The third-order valence-electron chi connectivity index (χ3n) is 3.12. The van der Waals surface area contributed by atoms with Gasteiger partial charge in [-0.3, -0.25) is 14.5 Å². The van der Waals surface area contributed by atoms with Crippen molar-refractivity contribution >= 4 is 31.3 Å². The van der Waals surface area contributed by atoms with Gasteiger partial charge in [-0.2, -0.15) is 13.5 Å². The van der Waals surface area contributed by atoms with Gasteiger partial charge in [0.15, 0.2) is 0 Å². The Balaban J connectivity index is 0.00000200. The maximum absolute atomic E-state index is 12.2. The van der Waals surface area contributed by atoms with E-state index in [4.69, 9.17) is 0 Å². The molecule has 0 spiro atoms. The molecule has 0 saturated carbocycles. The van der Waals surface area contributed by atoms with Gasteiger partial charge in [0.05, 0.1) is 11.1 Å². The molecule has 0 fully saturated rings. The number of hydrogen-bond acceptors (Lipinski definition) is 3. The van der Waals surface area contributed by atoms with Gasteiger partial charge in [0.25, 0.3) is 11.8 Å². The number of carbonyl (C=O) groups is 3. The number of fused-ring (bicyclic) bond motifs is 1. The van der Waals surface area contributed by atoms with E-state index in [1.807, 2.05) is 13.8 Å². The van der Waals surface area contributed by atoms with E-state index in [0.29, 0.717) is 0 Å². The Morgan fingerprint density at radius 3 is 1.95 bits per heavy atom. The Labute approximate surface area is 124 Å². The predicted octanol–water partition coefficient (Wildman–Crippen LogP) is 1.89. The van der Waals surface area contributed by atoms with Crippen molar-refractivity contribution in [1.29, 1.82) is 0 Å². The molecule has 1 heterocycles. The van der Waals surface area contributed by atoms with Crippen LogP contribution in [-0.2, 0) is 4.79 Å². The van der Waals surface area contributed by atoms with Gasteiger partial charge in [0.2, 0.25) is 0 Å². The first-order valence-corrected chi connectivity index (χ1v) is 6.13. The topological polar surface area (TPSA) is 74.7 Å². The molecule has 1 N–H and O–H groups in total. The Kier molecular flexibility index (Phi) is 4.94. The van der Waals surface area contributed by atoms with Crippen molar-refractivity contribution in [2.75, 3.05) is 0 Å². The molecule has 1 aliphatic heterocycles. The highest BCUT2D eigenvalue weighted by Gasteiger charge is 2.42. The molecule has 5 nitrogen and oxygen atoms in total. The monoisotopic (exact) mass is 295 g/mol. The largest absolute Gasteiger partial charge is 0.480 e. The predicted molar refractivity (Wildman–Crippen MR) is 78.2 cm³/mol. The van der Waals surface area contributed by atoms with Crippen molar-refractivity contribution in [3.05, 3.63) is 35.4 Å². The summed E-state index contributed by atoms with van der Waals surface area (Å²) in [5.41, 5.74) is 0.560. The van der Waals surface area contributed by atoms with E-state index < -0.39 is 23.8 Å². The normalized spacial score (nSPS) is 15.1. The molecular weight excluding hydrogens is 278 g/mol. The summed E-state index contributed by atoms with van der Waals surface area (Å²) in [4.78, 5) is 36.5.